The Hall–Kier alpha value is -1.63. The van der Waals surface area contributed by atoms with E-state index in [2.05, 4.69) is 15.7 Å². The molecule has 2 heterocycles. The number of nitrogens with zero attached hydrogens (tertiary/aromatic N) is 2. The third kappa shape index (κ3) is 4.47. The highest BCUT2D eigenvalue weighted by Gasteiger charge is 2.32. The smallest absolute Gasteiger partial charge is 0.241 e. The summed E-state index contributed by atoms with van der Waals surface area (Å²) < 4.78 is 7.08. The fraction of sp³-hybridized carbons (Fsp3) is 0.529. The lowest BCUT2D eigenvalue weighted by Gasteiger charge is -2.37. The topological polar surface area (TPSA) is 68.2 Å². The number of piperidine rings is 1. The van der Waals surface area contributed by atoms with Crippen LogP contribution in [-0.2, 0) is 16.1 Å². The summed E-state index contributed by atoms with van der Waals surface area (Å²) in [5, 5.41) is 11.9. The van der Waals surface area contributed by atoms with Crippen molar-refractivity contribution in [3.8, 4) is 0 Å². The number of hydrogen-bond donors (Lipinski definition) is 2. The van der Waals surface area contributed by atoms with Gasteiger partial charge in [0.2, 0.25) is 5.91 Å². The van der Waals surface area contributed by atoms with E-state index in [0.717, 1.165) is 36.8 Å². The number of methoxy groups -OCH3 is 1. The molecule has 1 saturated heterocycles. The van der Waals surface area contributed by atoms with Crippen LogP contribution in [0.4, 0.5) is 0 Å². The molecule has 1 aromatic carbocycles. The van der Waals surface area contributed by atoms with E-state index in [9.17, 15) is 4.79 Å². The number of amides is 1. The molecule has 0 atom stereocenters. The van der Waals surface area contributed by atoms with Gasteiger partial charge in [0.1, 0.15) is 6.54 Å². The summed E-state index contributed by atoms with van der Waals surface area (Å²) in [7, 11) is 1.72. The second-order valence-corrected chi connectivity index (χ2v) is 6.35. The van der Waals surface area contributed by atoms with Crippen LogP contribution in [0.5, 0.6) is 0 Å². The molecule has 1 aromatic heterocycles. The molecule has 24 heavy (non-hydrogen) atoms. The largest absolute Gasteiger partial charge is 0.384 e. The molecule has 2 N–H and O–H groups in total. The molecule has 1 amide bonds. The van der Waals surface area contributed by atoms with Gasteiger partial charge in [0, 0.05) is 30.7 Å². The number of hydrogen-bond acceptors (Lipinski definition) is 4. The van der Waals surface area contributed by atoms with E-state index in [1.54, 1.807) is 11.8 Å². The minimum absolute atomic E-state index is 0. The standard InChI is InChI=1S/C17H24N4O2.ClH/c1-23-13-17(6-8-18-9-7-17)12-19-16(22)11-21-10-14-4-2-3-5-15(14)20-21;/h2-5,10,18H,6-9,11-13H2,1H3,(H,19,22);1H. The Balaban J connectivity index is 0.00000208. The van der Waals surface area contributed by atoms with Crippen LogP contribution in [0.1, 0.15) is 12.8 Å². The first-order valence-electron chi connectivity index (χ1n) is 8.09. The zero-order valence-corrected chi connectivity index (χ0v) is 14.8. The third-order valence-corrected chi connectivity index (χ3v) is 4.54. The number of benzene rings is 1. The average Bonchev–Trinajstić information content (AvgIpc) is 2.96. The van der Waals surface area contributed by atoms with E-state index in [1.165, 1.54) is 0 Å². The summed E-state index contributed by atoms with van der Waals surface area (Å²) in [5.41, 5.74) is 0.958. The second kappa shape index (κ2) is 8.46. The number of nitrogens with one attached hydrogen (secondary N) is 2. The van der Waals surface area contributed by atoms with Crippen molar-refractivity contribution in [1.82, 2.24) is 20.4 Å². The lowest BCUT2D eigenvalue weighted by atomic mass is 9.79. The Kier molecular flexibility index (Phi) is 6.60. The molecule has 7 heteroatoms. The van der Waals surface area contributed by atoms with Crippen LogP contribution in [0, 0.1) is 5.41 Å². The van der Waals surface area contributed by atoms with Crippen molar-refractivity contribution in [2.24, 2.45) is 5.41 Å². The zero-order valence-electron chi connectivity index (χ0n) is 14.0. The molecule has 132 valence electrons. The molecule has 6 nitrogen and oxygen atoms in total. The predicted molar refractivity (Wildman–Crippen MR) is 96.4 cm³/mol. The van der Waals surface area contributed by atoms with Gasteiger partial charge in [-0.3, -0.25) is 9.48 Å². The Bertz CT molecular complexity index is 629. The lowest BCUT2D eigenvalue weighted by Crippen LogP contribution is -2.47. The number of aromatic nitrogens is 2. The van der Waals surface area contributed by atoms with Crippen LogP contribution < -0.4 is 10.6 Å². The fourth-order valence-corrected chi connectivity index (χ4v) is 3.22. The van der Waals surface area contributed by atoms with Gasteiger partial charge in [-0.25, -0.2) is 0 Å². The third-order valence-electron chi connectivity index (χ3n) is 4.54. The molecule has 1 fully saturated rings. The molecule has 0 bridgehead atoms. The van der Waals surface area contributed by atoms with Gasteiger partial charge in [0.25, 0.3) is 0 Å². The molecule has 2 aromatic rings. The first-order valence-corrected chi connectivity index (χ1v) is 8.09. The molecule has 1 aliphatic rings. The SMILES string of the molecule is COCC1(CNC(=O)Cn2cc3ccccc3n2)CCNCC1.Cl. The highest BCUT2D eigenvalue weighted by atomic mass is 35.5. The van der Waals surface area contributed by atoms with Gasteiger partial charge in [-0.1, -0.05) is 18.2 Å². The van der Waals surface area contributed by atoms with Crippen LogP contribution in [0.25, 0.3) is 10.9 Å². The quantitative estimate of drug-likeness (QED) is 0.828. The Morgan fingerprint density at radius 1 is 1.38 bits per heavy atom. The van der Waals surface area contributed by atoms with Crippen LogP contribution in [0.15, 0.2) is 30.5 Å². The number of ether oxygens (including phenoxy) is 1. The predicted octanol–water partition coefficient (Wildman–Crippen LogP) is 1.59. The molecular weight excluding hydrogens is 328 g/mol. The number of fused-ring (bicyclic) bond motifs is 1. The van der Waals surface area contributed by atoms with Gasteiger partial charge >= 0.3 is 0 Å². The Labute approximate surface area is 148 Å². The first-order chi connectivity index (χ1) is 11.2. The summed E-state index contributed by atoms with van der Waals surface area (Å²) in [6, 6.07) is 7.87. The Morgan fingerprint density at radius 2 is 2.12 bits per heavy atom. The van der Waals surface area contributed by atoms with E-state index < -0.39 is 0 Å². The van der Waals surface area contributed by atoms with Gasteiger partial charge in [-0.05, 0) is 32.0 Å². The maximum Gasteiger partial charge on any atom is 0.241 e. The summed E-state index contributed by atoms with van der Waals surface area (Å²) in [4.78, 5) is 12.3. The van der Waals surface area contributed by atoms with Crippen molar-refractivity contribution >= 4 is 29.2 Å². The van der Waals surface area contributed by atoms with Crippen molar-refractivity contribution in [3.05, 3.63) is 30.5 Å². The van der Waals surface area contributed by atoms with Crippen molar-refractivity contribution in [1.29, 1.82) is 0 Å². The maximum absolute atomic E-state index is 12.3. The maximum atomic E-state index is 12.3. The molecule has 0 spiro atoms. The normalized spacial score (nSPS) is 16.5. The number of carbonyl (C=O) groups excluding carboxylic acids is 1. The summed E-state index contributed by atoms with van der Waals surface area (Å²) in [5.74, 6) is -0.00758. The molecular formula is C17H25ClN4O2. The fourth-order valence-electron chi connectivity index (χ4n) is 3.22. The van der Waals surface area contributed by atoms with Crippen molar-refractivity contribution in [3.63, 3.8) is 0 Å². The summed E-state index contributed by atoms with van der Waals surface area (Å²) >= 11 is 0. The van der Waals surface area contributed by atoms with Gasteiger partial charge in [-0.2, -0.15) is 5.10 Å². The minimum Gasteiger partial charge on any atom is -0.384 e. The number of halogens is 1. The monoisotopic (exact) mass is 352 g/mol. The van der Waals surface area contributed by atoms with Crippen LogP contribution in [0.2, 0.25) is 0 Å². The van der Waals surface area contributed by atoms with Gasteiger partial charge in [0.05, 0.1) is 12.1 Å². The Morgan fingerprint density at radius 3 is 2.83 bits per heavy atom. The minimum atomic E-state index is -0.00758. The van der Waals surface area contributed by atoms with E-state index in [-0.39, 0.29) is 30.3 Å². The van der Waals surface area contributed by atoms with Crippen LogP contribution in [0.3, 0.4) is 0 Å². The molecule has 0 saturated carbocycles. The zero-order chi connectivity index (χ0) is 16.1. The molecule has 0 unspecified atom stereocenters. The van der Waals surface area contributed by atoms with Crippen LogP contribution >= 0.6 is 12.4 Å². The highest BCUT2D eigenvalue weighted by Crippen LogP contribution is 2.28. The van der Waals surface area contributed by atoms with Gasteiger partial charge in [-0.15, -0.1) is 12.4 Å². The second-order valence-electron chi connectivity index (χ2n) is 6.35. The number of carbonyl (C=O) groups is 1. The summed E-state index contributed by atoms with van der Waals surface area (Å²) in [6.07, 6.45) is 3.95. The molecule has 0 radical (unpaired) electrons. The lowest BCUT2D eigenvalue weighted by molar-refractivity contribution is -0.122. The first kappa shape index (κ1) is 18.7. The van der Waals surface area contributed by atoms with E-state index in [4.69, 9.17) is 4.74 Å². The number of rotatable bonds is 6. The van der Waals surface area contributed by atoms with E-state index >= 15 is 0 Å². The van der Waals surface area contributed by atoms with Crippen LogP contribution in [-0.4, -0.2) is 49.0 Å². The van der Waals surface area contributed by atoms with Crippen molar-refractivity contribution in [2.75, 3.05) is 33.4 Å². The highest BCUT2D eigenvalue weighted by molar-refractivity contribution is 5.85. The average molecular weight is 353 g/mol. The van der Waals surface area contributed by atoms with Crippen molar-refractivity contribution < 1.29 is 9.53 Å². The molecule has 0 aliphatic carbocycles. The summed E-state index contributed by atoms with van der Waals surface area (Å²) in [6.45, 7) is 3.53. The van der Waals surface area contributed by atoms with Gasteiger partial charge in [0.15, 0.2) is 0 Å². The van der Waals surface area contributed by atoms with Crippen molar-refractivity contribution in [2.45, 2.75) is 19.4 Å². The van der Waals surface area contributed by atoms with E-state index in [1.807, 2.05) is 30.5 Å². The van der Waals surface area contributed by atoms with E-state index in [0.29, 0.717) is 13.2 Å². The van der Waals surface area contributed by atoms with Gasteiger partial charge < -0.3 is 15.4 Å². The molecule has 3 rings (SSSR count). The molecule has 1 aliphatic heterocycles.